The largest absolute Gasteiger partial charge is 0.342 e. The topological polar surface area (TPSA) is 57.8 Å². The normalized spacial score (nSPS) is 11.0. The molecule has 2 aromatic carbocycles. The SMILES string of the molecule is CCCc1nc2ccc(CCC(=O)Nc3ccc(F)c(F)c3)cc2[nH]1. The van der Waals surface area contributed by atoms with Gasteiger partial charge in [-0.05, 0) is 42.7 Å². The Morgan fingerprint density at radius 3 is 2.72 bits per heavy atom. The Bertz CT molecular complexity index is 905. The molecular formula is C19H19F2N3O. The smallest absolute Gasteiger partial charge is 0.224 e. The number of hydrogen-bond donors (Lipinski definition) is 2. The van der Waals surface area contributed by atoms with E-state index >= 15 is 0 Å². The first-order valence-electron chi connectivity index (χ1n) is 8.27. The number of halogens is 2. The summed E-state index contributed by atoms with van der Waals surface area (Å²) >= 11 is 0. The van der Waals surface area contributed by atoms with Gasteiger partial charge in [0.2, 0.25) is 5.91 Å². The van der Waals surface area contributed by atoms with E-state index in [1.165, 1.54) is 6.07 Å². The Hall–Kier alpha value is -2.76. The Morgan fingerprint density at radius 1 is 1.12 bits per heavy atom. The van der Waals surface area contributed by atoms with E-state index in [0.29, 0.717) is 6.42 Å². The van der Waals surface area contributed by atoms with Crippen molar-refractivity contribution in [2.45, 2.75) is 32.6 Å². The quantitative estimate of drug-likeness (QED) is 0.698. The summed E-state index contributed by atoms with van der Waals surface area (Å²) in [6.07, 6.45) is 2.73. The molecule has 6 heteroatoms. The first kappa shape index (κ1) is 17.1. The van der Waals surface area contributed by atoms with Crippen LogP contribution in [0.3, 0.4) is 0 Å². The van der Waals surface area contributed by atoms with Gasteiger partial charge in [-0.2, -0.15) is 0 Å². The number of hydrogen-bond acceptors (Lipinski definition) is 2. The van der Waals surface area contributed by atoms with Crippen molar-refractivity contribution in [1.82, 2.24) is 9.97 Å². The van der Waals surface area contributed by atoms with E-state index in [1.54, 1.807) is 0 Å². The van der Waals surface area contributed by atoms with Crippen LogP contribution < -0.4 is 5.32 Å². The first-order valence-corrected chi connectivity index (χ1v) is 8.27. The van der Waals surface area contributed by atoms with Crippen molar-refractivity contribution < 1.29 is 13.6 Å². The lowest BCUT2D eigenvalue weighted by atomic mass is 10.1. The lowest BCUT2D eigenvalue weighted by molar-refractivity contribution is -0.116. The Kier molecular flexibility index (Phi) is 5.07. The van der Waals surface area contributed by atoms with Crippen molar-refractivity contribution in [3.8, 4) is 0 Å². The van der Waals surface area contributed by atoms with Gasteiger partial charge in [0.1, 0.15) is 5.82 Å². The maximum absolute atomic E-state index is 13.1. The molecule has 25 heavy (non-hydrogen) atoms. The molecule has 3 rings (SSSR count). The average molecular weight is 343 g/mol. The van der Waals surface area contributed by atoms with Crippen LogP contribution in [0.5, 0.6) is 0 Å². The maximum atomic E-state index is 13.1. The fourth-order valence-electron chi connectivity index (χ4n) is 2.68. The highest BCUT2D eigenvalue weighted by Crippen LogP contribution is 2.17. The number of fused-ring (bicyclic) bond motifs is 1. The van der Waals surface area contributed by atoms with Crippen molar-refractivity contribution in [2.75, 3.05) is 5.32 Å². The summed E-state index contributed by atoms with van der Waals surface area (Å²) in [6.45, 7) is 2.10. The van der Waals surface area contributed by atoms with Crippen molar-refractivity contribution in [3.63, 3.8) is 0 Å². The fraction of sp³-hybridized carbons (Fsp3) is 0.263. The Labute approximate surface area is 144 Å². The first-order chi connectivity index (χ1) is 12.0. The van der Waals surface area contributed by atoms with Crippen molar-refractivity contribution in [2.24, 2.45) is 0 Å². The molecule has 3 aromatic rings. The molecule has 0 bridgehead atoms. The number of carbonyl (C=O) groups is 1. The summed E-state index contributed by atoms with van der Waals surface area (Å²) in [5.41, 5.74) is 3.14. The van der Waals surface area contributed by atoms with Crippen LogP contribution in [0, 0.1) is 11.6 Å². The number of nitrogens with zero attached hydrogens (tertiary/aromatic N) is 1. The highest BCUT2D eigenvalue weighted by atomic mass is 19.2. The van der Waals surface area contributed by atoms with Crippen molar-refractivity contribution in [1.29, 1.82) is 0 Å². The fourth-order valence-corrected chi connectivity index (χ4v) is 2.68. The summed E-state index contributed by atoms with van der Waals surface area (Å²) < 4.78 is 26.0. The molecule has 0 aliphatic heterocycles. The minimum Gasteiger partial charge on any atom is -0.342 e. The second-order valence-electron chi connectivity index (χ2n) is 5.96. The molecule has 1 amide bonds. The number of aromatic amines is 1. The van der Waals surface area contributed by atoms with E-state index < -0.39 is 11.6 Å². The summed E-state index contributed by atoms with van der Waals surface area (Å²) in [7, 11) is 0. The molecule has 130 valence electrons. The molecule has 2 N–H and O–H groups in total. The molecule has 0 spiro atoms. The van der Waals surface area contributed by atoms with Crippen LogP contribution in [0.1, 0.15) is 31.2 Å². The zero-order chi connectivity index (χ0) is 17.8. The molecule has 1 heterocycles. The summed E-state index contributed by atoms with van der Waals surface area (Å²) in [6, 6.07) is 9.18. The van der Waals surface area contributed by atoms with E-state index in [0.717, 1.165) is 47.4 Å². The highest BCUT2D eigenvalue weighted by Gasteiger charge is 2.08. The standard InChI is InChI=1S/C19H19F2N3O/c1-2-3-18-23-16-8-4-12(10-17(16)24-18)5-9-19(25)22-13-6-7-14(20)15(21)11-13/h4,6-8,10-11H,2-3,5,9H2,1H3,(H,22,25)(H,23,24). The number of benzene rings is 2. The van der Waals surface area contributed by atoms with E-state index in [4.69, 9.17) is 0 Å². The van der Waals surface area contributed by atoms with Gasteiger partial charge >= 0.3 is 0 Å². The Morgan fingerprint density at radius 2 is 1.96 bits per heavy atom. The molecule has 0 aliphatic carbocycles. The van der Waals surface area contributed by atoms with Crippen LogP contribution in [0.15, 0.2) is 36.4 Å². The number of H-pyrrole nitrogens is 1. The monoisotopic (exact) mass is 343 g/mol. The average Bonchev–Trinajstić information content (AvgIpc) is 2.98. The molecule has 4 nitrogen and oxygen atoms in total. The van der Waals surface area contributed by atoms with Gasteiger partial charge in [0, 0.05) is 24.6 Å². The van der Waals surface area contributed by atoms with Crippen molar-refractivity contribution >= 4 is 22.6 Å². The van der Waals surface area contributed by atoms with Gasteiger partial charge < -0.3 is 10.3 Å². The second kappa shape index (κ2) is 7.42. The van der Waals surface area contributed by atoms with Gasteiger partial charge in [-0.15, -0.1) is 0 Å². The minimum atomic E-state index is -0.981. The van der Waals surface area contributed by atoms with Crippen LogP contribution in [-0.2, 0) is 17.6 Å². The van der Waals surface area contributed by atoms with Crippen LogP contribution in [0.4, 0.5) is 14.5 Å². The lowest BCUT2D eigenvalue weighted by Gasteiger charge is -2.06. The van der Waals surface area contributed by atoms with Gasteiger partial charge in [-0.25, -0.2) is 13.8 Å². The molecule has 0 aliphatic rings. The van der Waals surface area contributed by atoms with E-state index in [-0.39, 0.29) is 18.0 Å². The maximum Gasteiger partial charge on any atom is 0.224 e. The number of imidazole rings is 1. The van der Waals surface area contributed by atoms with Gasteiger partial charge in [-0.1, -0.05) is 13.0 Å². The highest BCUT2D eigenvalue weighted by molar-refractivity contribution is 5.90. The number of nitrogens with one attached hydrogen (secondary N) is 2. The predicted octanol–water partition coefficient (Wildman–Crippen LogP) is 4.36. The summed E-state index contributed by atoms with van der Waals surface area (Å²) in [5, 5.41) is 2.57. The third kappa shape index (κ3) is 4.21. The van der Waals surface area contributed by atoms with Crippen LogP contribution >= 0.6 is 0 Å². The van der Waals surface area contributed by atoms with Gasteiger partial charge in [0.25, 0.3) is 0 Å². The van der Waals surface area contributed by atoms with Gasteiger partial charge in [-0.3, -0.25) is 4.79 Å². The minimum absolute atomic E-state index is 0.247. The lowest BCUT2D eigenvalue weighted by Crippen LogP contribution is -2.12. The second-order valence-corrected chi connectivity index (χ2v) is 5.96. The zero-order valence-electron chi connectivity index (χ0n) is 13.9. The summed E-state index contributed by atoms with van der Waals surface area (Å²) in [4.78, 5) is 19.8. The third-order valence-corrected chi connectivity index (χ3v) is 3.93. The predicted molar refractivity (Wildman–Crippen MR) is 93.4 cm³/mol. The van der Waals surface area contributed by atoms with Crippen LogP contribution in [0.25, 0.3) is 11.0 Å². The number of rotatable bonds is 6. The molecule has 1 aromatic heterocycles. The van der Waals surface area contributed by atoms with E-state index in [1.807, 2.05) is 18.2 Å². The third-order valence-electron chi connectivity index (χ3n) is 3.93. The number of amides is 1. The molecule has 0 saturated carbocycles. The molecule has 0 fully saturated rings. The van der Waals surface area contributed by atoms with E-state index in [9.17, 15) is 13.6 Å². The molecule has 0 unspecified atom stereocenters. The summed E-state index contributed by atoms with van der Waals surface area (Å²) in [5.74, 6) is -1.20. The van der Waals surface area contributed by atoms with Crippen LogP contribution in [-0.4, -0.2) is 15.9 Å². The van der Waals surface area contributed by atoms with Gasteiger partial charge in [0.15, 0.2) is 11.6 Å². The molecular weight excluding hydrogens is 324 g/mol. The van der Waals surface area contributed by atoms with Crippen LogP contribution in [0.2, 0.25) is 0 Å². The number of carbonyl (C=O) groups excluding carboxylic acids is 1. The molecule has 0 saturated heterocycles. The van der Waals surface area contributed by atoms with Crippen molar-refractivity contribution in [3.05, 3.63) is 59.4 Å². The van der Waals surface area contributed by atoms with E-state index in [2.05, 4.69) is 22.2 Å². The molecule has 0 radical (unpaired) electrons. The number of anilines is 1. The molecule has 0 atom stereocenters. The Balaban J connectivity index is 1.61. The van der Waals surface area contributed by atoms with Gasteiger partial charge in [0.05, 0.1) is 11.0 Å². The zero-order valence-corrected chi connectivity index (χ0v) is 13.9. The number of aromatic nitrogens is 2. The number of aryl methyl sites for hydroxylation is 2.